The van der Waals surface area contributed by atoms with Crippen molar-refractivity contribution in [3.8, 4) is 0 Å². The van der Waals surface area contributed by atoms with Gasteiger partial charge >= 0.3 is 0 Å². The number of nitrogens with one attached hydrogen (secondary N) is 1. The second kappa shape index (κ2) is 6.51. The molecule has 0 spiro atoms. The Labute approximate surface area is 110 Å². The zero-order valence-electron chi connectivity index (χ0n) is 9.93. The number of hydrogen-bond acceptors (Lipinski definition) is 5. The van der Waals surface area contributed by atoms with Gasteiger partial charge in [-0.15, -0.1) is 0 Å². The van der Waals surface area contributed by atoms with Gasteiger partial charge in [0.25, 0.3) is 0 Å². The molecule has 0 radical (unpaired) electrons. The molecule has 2 rings (SSSR count). The first-order valence-corrected chi connectivity index (χ1v) is 6.20. The Bertz CT molecular complexity index is 410. The minimum Gasteiger partial charge on any atom is -0.378 e. The number of carbonyl (C=O) groups excluding carboxylic acids is 1. The van der Waals surface area contributed by atoms with Crippen LogP contribution in [0.3, 0.4) is 0 Å². The molecule has 1 aliphatic rings. The average Bonchev–Trinajstić information content (AvgIpc) is 2.40. The summed E-state index contributed by atoms with van der Waals surface area (Å²) in [5, 5.41) is 3.42. The van der Waals surface area contributed by atoms with Crippen LogP contribution in [0.1, 0.15) is 6.42 Å². The summed E-state index contributed by atoms with van der Waals surface area (Å²) in [6.45, 7) is 3.14. The topological polar surface area (TPSA) is 67.4 Å². The summed E-state index contributed by atoms with van der Waals surface area (Å²) in [6, 6.07) is 1.63. The van der Waals surface area contributed by atoms with Gasteiger partial charge in [0, 0.05) is 32.1 Å². The molecule has 1 aromatic rings. The summed E-state index contributed by atoms with van der Waals surface area (Å²) in [5.41, 5.74) is 0. The Morgan fingerprint density at radius 3 is 2.94 bits per heavy atom. The lowest BCUT2D eigenvalue weighted by Gasteiger charge is -2.26. The van der Waals surface area contributed by atoms with Crippen LogP contribution < -0.4 is 5.32 Å². The van der Waals surface area contributed by atoms with E-state index in [1.165, 1.54) is 6.33 Å². The lowest BCUT2D eigenvalue weighted by Crippen LogP contribution is -2.41. The van der Waals surface area contributed by atoms with Crippen molar-refractivity contribution in [3.63, 3.8) is 0 Å². The van der Waals surface area contributed by atoms with Crippen LogP contribution in [-0.4, -0.2) is 53.6 Å². The Morgan fingerprint density at radius 2 is 2.22 bits per heavy atom. The van der Waals surface area contributed by atoms with Crippen molar-refractivity contribution in [1.29, 1.82) is 0 Å². The predicted molar refractivity (Wildman–Crippen MR) is 67.5 cm³/mol. The molecule has 0 atom stereocenters. The largest absolute Gasteiger partial charge is 0.378 e. The standard InChI is InChI=1S/C11H15ClN4O2/c12-9-7-10(15-8-14-9)13-2-1-11(17)16-3-5-18-6-4-16/h7-8H,1-6H2,(H,13,14,15). The SMILES string of the molecule is O=C(CCNc1cc(Cl)ncn1)N1CCOCC1. The van der Waals surface area contributed by atoms with Crippen LogP contribution in [0.15, 0.2) is 12.4 Å². The van der Waals surface area contributed by atoms with Gasteiger partial charge in [-0.05, 0) is 0 Å². The maximum atomic E-state index is 11.8. The lowest BCUT2D eigenvalue weighted by molar-refractivity contribution is -0.134. The molecule has 18 heavy (non-hydrogen) atoms. The highest BCUT2D eigenvalue weighted by Gasteiger charge is 2.15. The van der Waals surface area contributed by atoms with Crippen LogP contribution in [0, 0.1) is 0 Å². The van der Waals surface area contributed by atoms with Gasteiger partial charge in [0.2, 0.25) is 5.91 Å². The van der Waals surface area contributed by atoms with Crippen LogP contribution in [0.2, 0.25) is 5.15 Å². The van der Waals surface area contributed by atoms with E-state index in [0.29, 0.717) is 50.2 Å². The fraction of sp³-hybridized carbons (Fsp3) is 0.545. The first-order valence-electron chi connectivity index (χ1n) is 5.82. The molecule has 1 fully saturated rings. The maximum Gasteiger partial charge on any atom is 0.224 e. The van der Waals surface area contributed by atoms with Crippen molar-refractivity contribution >= 4 is 23.3 Å². The highest BCUT2D eigenvalue weighted by atomic mass is 35.5. The van der Waals surface area contributed by atoms with Gasteiger partial charge in [-0.3, -0.25) is 4.79 Å². The number of nitrogens with zero attached hydrogens (tertiary/aromatic N) is 3. The minimum absolute atomic E-state index is 0.131. The van der Waals surface area contributed by atoms with Gasteiger partial charge in [0.05, 0.1) is 13.2 Å². The molecule has 98 valence electrons. The first-order chi connectivity index (χ1) is 8.75. The minimum atomic E-state index is 0.131. The third-order valence-corrected chi connectivity index (χ3v) is 2.85. The summed E-state index contributed by atoms with van der Waals surface area (Å²) in [7, 11) is 0. The highest BCUT2D eigenvalue weighted by Crippen LogP contribution is 2.08. The summed E-state index contributed by atoms with van der Waals surface area (Å²) in [6.07, 6.45) is 1.82. The van der Waals surface area contributed by atoms with Crippen LogP contribution in [0.4, 0.5) is 5.82 Å². The van der Waals surface area contributed by atoms with Crippen molar-refractivity contribution in [2.24, 2.45) is 0 Å². The van der Waals surface area contributed by atoms with Gasteiger partial charge in [-0.1, -0.05) is 11.6 Å². The van der Waals surface area contributed by atoms with Gasteiger partial charge in [-0.2, -0.15) is 0 Å². The third-order valence-electron chi connectivity index (χ3n) is 2.64. The highest BCUT2D eigenvalue weighted by molar-refractivity contribution is 6.29. The summed E-state index contributed by atoms with van der Waals surface area (Å²) < 4.78 is 5.20. The maximum absolute atomic E-state index is 11.8. The van der Waals surface area contributed by atoms with E-state index < -0.39 is 0 Å². The zero-order valence-corrected chi connectivity index (χ0v) is 10.7. The van der Waals surface area contributed by atoms with E-state index in [9.17, 15) is 4.79 Å². The number of amides is 1. The Kier molecular flexibility index (Phi) is 4.72. The number of carbonyl (C=O) groups is 1. The van der Waals surface area contributed by atoms with E-state index in [1.54, 1.807) is 6.07 Å². The molecule has 1 amide bonds. The first kappa shape index (κ1) is 13.0. The molecule has 0 bridgehead atoms. The molecule has 0 aliphatic carbocycles. The molecule has 1 N–H and O–H groups in total. The van der Waals surface area contributed by atoms with E-state index in [0.717, 1.165) is 0 Å². The monoisotopic (exact) mass is 270 g/mol. The number of morpholine rings is 1. The molecule has 1 aromatic heterocycles. The van der Waals surface area contributed by atoms with Crippen molar-refractivity contribution in [1.82, 2.24) is 14.9 Å². The molecule has 7 heteroatoms. The van der Waals surface area contributed by atoms with E-state index in [2.05, 4.69) is 15.3 Å². The zero-order chi connectivity index (χ0) is 12.8. The molecule has 0 unspecified atom stereocenters. The second-order valence-corrected chi connectivity index (χ2v) is 4.28. The molecular weight excluding hydrogens is 256 g/mol. The average molecular weight is 271 g/mol. The van der Waals surface area contributed by atoms with Crippen LogP contribution >= 0.6 is 11.6 Å². The van der Waals surface area contributed by atoms with Crippen molar-refractivity contribution < 1.29 is 9.53 Å². The van der Waals surface area contributed by atoms with Gasteiger partial charge in [0.15, 0.2) is 0 Å². The van der Waals surface area contributed by atoms with Crippen LogP contribution in [-0.2, 0) is 9.53 Å². The number of aromatic nitrogens is 2. The van der Waals surface area contributed by atoms with E-state index in [4.69, 9.17) is 16.3 Å². The summed E-state index contributed by atoms with van der Waals surface area (Å²) in [5.74, 6) is 0.760. The number of hydrogen-bond donors (Lipinski definition) is 1. The van der Waals surface area contributed by atoms with E-state index in [1.807, 2.05) is 4.90 Å². The van der Waals surface area contributed by atoms with Crippen molar-refractivity contribution in [2.75, 3.05) is 38.2 Å². The molecule has 1 aliphatic heterocycles. The lowest BCUT2D eigenvalue weighted by atomic mass is 10.3. The van der Waals surface area contributed by atoms with E-state index >= 15 is 0 Å². The number of anilines is 1. The van der Waals surface area contributed by atoms with Crippen LogP contribution in [0.25, 0.3) is 0 Å². The second-order valence-electron chi connectivity index (χ2n) is 3.90. The number of ether oxygens (including phenoxy) is 1. The van der Waals surface area contributed by atoms with E-state index in [-0.39, 0.29) is 5.91 Å². The normalized spacial score (nSPS) is 15.5. The Balaban J connectivity index is 1.73. The van der Waals surface area contributed by atoms with Crippen LogP contribution in [0.5, 0.6) is 0 Å². The molecular formula is C11H15ClN4O2. The molecule has 6 nitrogen and oxygen atoms in total. The van der Waals surface area contributed by atoms with Crippen molar-refractivity contribution in [3.05, 3.63) is 17.5 Å². The smallest absolute Gasteiger partial charge is 0.224 e. The summed E-state index contributed by atoms with van der Waals surface area (Å²) >= 11 is 5.73. The summed E-state index contributed by atoms with van der Waals surface area (Å²) in [4.78, 5) is 21.4. The van der Waals surface area contributed by atoms with Gasteiger partial charge in [0.1, 0.15) is 17.3 Å². The molecule has 2 heterocycles. The number of halogens is 1. The predicted octanol–water partition coefficient (Wildman–Crippen LogP) is 0.791. The third kappa shape index (κ3) is 3.82. The fourth-order valence-electron chi connectivity index (χ4n) is 1.70. The Morgan fingerprint density at radius 1 is 1.44 bits per heavy atom. The van der Waals surface area contributed by atoms with Crippen molar-refractivity contribution in [2.45, 2.75) is 6.42 Å². The quantitative estimate of drug-likeness (QED) is 0.820. The molecule has 0 aromatic carbocycles. The fourth-order valence-corrected chi connectivity index (χ4v) is 1.85. The number of rotatable bonds is 4. The van der Waals surface area contributed by atoms with Gasteiger partial charge < -0.3 is 15.0 Å². The molecule has 0 saturated carbocycles. The van der Waals surface area contributed by atoms with Gasteiger partial charge in [-0.25, -0.2) is 9.97 Å². The Hall–Kier alpha value is -1.40. The molecule has 1 saturated heterocycles.